The van der Waals surface area contributed by atoms with Crippen LogP contribution in [0.2, 0.25) is 0 Å². The molecule has 4 heterocycles. The smallest absolute Gasteiger partial charge is 0.160 e. The monoisotopic (exact) mass is 782 g/mol. The second-order valence-corrected chi connectivity index (χ2v) is 15.1. The minimum atomic E-state index is 0.665. The molecule has 0 radical (unpaired) electrons. The van der Waals surface area contributed by atoms with Gasteiger partial charge in [-0.25, -0.2) is 24.9 Å². The molecule has 0 N–H and O–H groups in total. The van der Waals surface area contributed by atoms with Crippen molar-refractivity contribution in [3.8, 4) is 73.4 Å². The first-order chi connectivity index (χ1) is 30.2. The molecule has 0 bridgehead atoms. The molecule has 0 aliphatic carbocycles. The Labute approximate surface area is 353 Å². The minimum Gasteiger partial charge on any atom is -0.296 e. The fraction of sp³-hybridized carbons (Fsp3) is 0.0364. The highest BCUT2D eigenvalue weighted by atomic mass is 15.1. The van der Waals surface area contributed by atoms with Crippen molar-refractivity contribution in [2.45, 2.75) is 13.3 Å². The first-order valence-corrected chi connectivity index (χ1v) is 20.7. The molecule has 0 saturated carbocycles. The van der Waals surface area contributed by atoms with Gasteiger partial charge in [0.05, 0.1) is 50.6 Å². The summed E-state index contributed by atoms with van der Waals surface area (Å²) in [4.78, 5) is 26.5. The fourth-order valence-electron chi connectivity index (χ4n) is 8.51. The van der Waals surface area contributed by atoms with Crippen LogP contribution < -0.4 is 0 Å². The van der Waals surface area contributed by atoms with Crippen LogP contribution in [-0.2, 0) is 6.42 Å². The zero-order valence-corrected chi connectivity index (χ0v) is 33.4. The lowest BCUT2D eigenvalue weighted by atomic mass is 9.96. The topological polar surface area (TPSA) is 69.4 Å². The summed E-state index contributed by atoms with van der Waals surface area (Å²) in [5, 5.41) is 3.30. The number of hydrogen-bond donors (Lipinski definition) is 0. The standard InChI is InChI=1S/C55H38N6/c1-2-48-58-54-47(61(48)41-24-13-6-14-25-41)35-34-43-42-26-15-16-27-45(42)57-51(49(43)54)39-32-30-36(31-33-39)44-28-17-29-46(56-44)50-52(37-18-7-3-8-19-37)59-55(40-22-11-5-12-23-40)60-53(50)38-20-9-4-10-21-38/h3-35H,2H2,1H3. The van der Waals surface area contributed by atoms with Crippen molar-refractivity contribution in [3.05, 3.63) is 206 Å². The van der Waals surface area contributed by atoms with E-state index in [-0.39, 0.29) is 0 Å². The van der Waals surface area contributed by atoms with Crippen molar-refractivity contribution in [2.75, 3.05) is 0 Å². The minimum absolute atomic E-state index is 0.665. The average Bonchev–Trinajstić information content (AvgIpc) is 3.74. The molecule has 11 aromatic rings. The largest absolute Gasteiger partial charge is 0.296 e. The summed E-state index contributed by atoms with van der Waals surface area (Å²) in [6.45, 7) is 2.16. The van der Waals surface area contributed by atoms with Gasteiger partial charge in [0.15, 0.2) is 5.82 Å². The maximum absolute atomic E-state index is 5.36. The van der Waals surface area contributed by atoms with E-state index in [1.807, 2.05) is 54.6 Å². The van der Waals surface area contributed by atoms with Gasteiger partial charge in [-0.3, -0.25) is 4.57 Å². The van der Waals surface area contributed by atoms with E-state index >= 15 is 0 Å². The molecule has 0 aliphatic rings. The van der Waals surface area contributed by atoms with Crippen molar-refractivity contribution in [2.24, 2.45) is 0 Å². The van der Waals surface area contributed by atoms with Crippen LogP contribution >= 0.6 is 0 Å². The molecule has 0 amide bonds. The summed E-state index contributed by atoms with van der Waals surface area (Å²) in [5.74, 6) is 1.68. The summed E-state index contributed by atoms with van der Waals surface area (Å²) in [5.41, 5.74) is 14.1. The van der Waals surface area contributed by atoms with Crippen LogP contribution in [0.5, 0.6) is 0 Å². The Hall–Kier alpha value is -8.09. The summed E-state index contributed by atoms with van der Waals surface area (Å²) in [6.07, 6.45) is 0.797. The summed E-state index contributed by atoms with van der Waals surface area (Å²) in [6, 6.07) is 69.0. The van der Waals surface area contributed by atoms with E-state index in [0.717, 1.165) is 112 Å². The third-order valence-electron chi connectivity index (χ3n) is 11.4. The molecule has 7 aromatic carbocycles. The predicted molar refractivity (Wildman–Crippen MR) is 249 cm³/mol. The lowest BCUT2D eigenvalue weighted by molar-refractivity contribution is 0.908. The highest BCUT2D eigenvalue weighted by molar-refractivity contribution is 6.20. The van der Waals surface area contributed by atoms with Gasteiger partial charge in [0.25, 0.3) is 0 Å². The van der Waals surface area contributed by atoms with Crippen molar-refractivity contribution >= 4 is 32.7 Å². The van der Waals surface area contributed by atoms with Crippen molar-refractivity contribution < 1.29 is 0 Å². The summed E-state index contributed by atoms with van der Waals surface area (Å²) in [7, 11) is 0. The number of fused-ring (bicyclic) bond motifs is 5. The van der Waals surface area contributed by atoms with Crippen LogP contribution in [0.1, 0.15) is 12.7 Å². The lowest BCUT2D eigenvalue weighted by Crippen LogP contribution is -2.02. The first-order valence-electron chi connectivity index (χ1n) is 20.7. The van der Waals surface area contributed by atoms with Crippen molar-refractivity contribution in [1.29, 1.82) is 0 Å². The first kappa shape index (κ1) is 36.0. The molecule has 0 fully saturated rings. The van der Waals surface area contributed by atoms with Gasteiger partial charge in [0, 0.05) is 50.7 Å². The second-order valence-electron chi connectivity index (χ2n) is 15.1. The molecule has 4 aromatic heterocycles. The van der Waals surface area contributed by atoms with Crippen molar-refractivity contribution in [1.82, 2.24) is 29.5 Å². The van der Waals surface area contributed by atoms with Gasteiger partial charge in [0.1, 0.15) is 5.82 Å². The van der Waals surface area contributed by atoms with Crippen LogP contribution in [0.15, 0.2) is 200 Å². The third kappa shape index (κ3) is 6.42. The predicted octanol–water partition coefficient (Wildman–Crippen LogP) is 13.5. The van der Waals surface area contributed by atoms with Gasteiger partial charge in [-0.05, 0) is 41.8 Å². The quantitative estimate of drug-likeness (QED) is 0.144. The molecule has 0 aliphatic heterocycles. The Morgan fingerprint density at radius 3 is 1.61 bits per heavy atom. The van der Waals surface area contributed by atoms with E-state index in [1.54, 1.807) is 0 Å². The molecule has 0 atom stereocenters. The van der Waals surface area contributed by atoms with Crippen LogP contribution in [0.4, 0.5) is 0 Å². The van der Waals surface area contributed by atoms with Gasteiger partial charge in [0.2, 0.25) is 0 Å². The van der Waals surface area contributed by atoms with Gasteiger partial charge < -0.3 is 0 Å². The zero-order chi connectivity index (χ0) is 40.7. The number of para-hydroxylation sites is 2. The Morgan fingerprint density at radius 2 is 0.951 bits per heavy atom. The summed E-state index contributed by atoms with van der Waals surface area (Å²) < 4.78 is 2.28. The second kappa shape index (κ2) is 15.3. The van der Waals surface area contributed by atoms with Gasteiger partial charge in [-0.2, -0.15) is 0 Å². The lowest BCUT2D eigenvalue weighted by Gasteiger charge is -2.17. The number of pyridine rings is 2. The van der Waals surface area contributed by atoms with E-state index in [9.17, 15) is 0 Å². The molecule has 6 nitrogen and oxygen atoms in total. The van der Waals surface area contributed by atoms with E-state index in [4.69, 9.17) is 24.9 Å². The molecule has 0 unspecified atom stereocenters. The van der Waals surface area contributed by atoms with E-state index in [0.29, 0.717) is 5.82 Å². The number of benzene rings is 7. The molecule has 61 heavy (non-hydrogen) atoms. The maximum Gasteiger partial charge on any atom is 0.160 e. The van der Waals surface area contributed by atoms with Crippen LogP contribution in [0, 0.1) is 0 Å². The molecule has 288 valence electrons. The molecular formula is C55H38N6. The van der Waals surface area contributed by atoms with Crippen LogP contribution in [-0.4, -0.2) is 29.5 Å². The number of rotatable bonds is 8. The SMILES string of the molecule is CCc1nc2c3c(-c4ccc(-c5cccc(-c6c(-c7ccccc7)nc(-c7ccccc7)nc6-c6ccccc6)n5)cc4)nc4ccccc4c3ccc2n1-c1ccccc1. The zero-order valence-electron chi connectivity index (χ0n) is 33.4. The Kier molecular flexibility index (Phi) is 9.01. The number of aromatic nitrogens is 6. The van der Waals surface area contributed by atoms with Crippen molar-refractivity contribution in [3.63, 3.8) is 0 Å². The summed E-state index contributed by atoms with van der Waals surface area (Å²) >= 11 is 0. The normalized spacial score (nSPS) is 11.4. The van der Waals surface area contributed by atoms with Crippen LogP contribution in [0.3, 0.4) is 0 Å². The van der Waals surface area contributed by atoms with Gasteiger partial charge in [-0.15, -0.1) is 0 Å². The van der Waals surface area contributed by atoms with Gasteiger partial charge >= 0.3 is 0 Å². The Morgan fingerprint density at radius 1 is 0.393 bits per heavy atom. The molecule has 6 heteroatoms. The highest BCUT2D eigenvalue weighted by Crippen LogP contribution is 2.41. The average molecular weight is 783 g/mol. The van der Waals surface area contributed by atoms with Crippen LogP contribution in [0.25, 0.3) is 106 Å². The molecule has 0 spiro atoms. The van der Waals surface area contributed by atoms with E-state index in [1.165, 1.54) is 0 Å². The number of nitrogens with zero attached hydrogens (tertiary/aromatic N) is 6. The molecule has 0 saturated heterocycles. The van der Waals surface area contributed by atoms with Gasteiger partial charge in [-0.1, -0.05) is 171 Å². The maximum atomic E-state index is 5.36. The number of aryl methyl sites for hydroxylation is 1. The highest BCUT2D eigenvalue weighted by Gasteiger charge is 2.23. The number of hydrogen-bond acceptors (Lipinski definition) is 5. The van der Waals surface area contributed by atoms with E-state index < -0.39 is 0 Å². The molecular weight excluding hydrogens is 745 g/mol. The molecule has 11 rings (SSSR count). The Bertz CT molecular complexity index is 3300. The fourth-order valence-corrected chi connectivity index (χ4v) is 8.51. The van der Waals surface area contributed by atoms with E-state index in [2.05, 4.69) is 157 Å². The number of imidazole rings is 1. The Balaban J connectivity index is 1.07. The third-order valence-corrected chi connectivity index (χ3v) is 11.4.